The molecule has 1 unspecified atom stereocenters. The van der Waals surface area contributed by atoms with E-state index in [1.165, 1.54) is 0 Å². The highest BCUT2D eigenvalue weighted by Gasteiger charge is 2.36. The van der Waals surface area contributed by atoms with E-state index in [9.17, 15) is 9.59 Å². The predicted octanol–water partition coefficient (Wildman–Crippen LogP) is 1.35. The lowest BCUT2D eigenvalue weighted by Crippen LogP contribution is -2.54. The highest BCUT2D eigenvalue weighted by Crippen LogP contribution is 2.29. The molecule has 0 aromatic heterocycles. The van der Waals surface area contributed by atoms with E-state index in [4.69, 9.17) is 4.74 Å². The highest BCUT2D eigenvalue weighted by atomic mass is 16.5. The number of likely N-dealkylation sites (tertiary alicyclic amines) is 1. The van der Waals surface area contributed by atoms with Gasteiger partial charge < -0.3 is 19.4 Å². The van der Waals surface area contributed by atoms with E-state index >= 15 is 0 Å². The second kappa shape index (κ2) is 7.11. The highest BCUT2D eigenvalue weighted by molar-refractivity contribution is 5.87. The first-order chi connectivity index (χ1) is 11.6. The standard InChI is InChI=1S/C18H25N3O3/c1-14(22)21-9-5-7-16(21)18(23)20-12-10-19(11-13-20)15-6-3-4-8-17(15)24-2/h3-4,6,8,16H,5,7,9-13H2,1-2H3. The molecular formula is C18H25N3O3. The van der Waals surface area contributed by atoms with Crippen LogP contribution in [0.15, 0.2) is 24.3 Å². The summed E-state index contributed by atoms with van der Waals surface area (Å²) in [6, 6.07) is 7.69. The van der Waals surface area contributed by atoms with Gasteiger partial charge in [0.1, 0.15) is 11.8 Å². The summed E-state index contributed by atoms with van der Waals surface area (Å²) in [4.78, 5) is 30.3. The summed E-state index contributed by atoms with van der Waals surface area (Å²) < 4.78 is 5.43. The van der Waals surface area contributed by atoms with Gasteiger partial charge in [-0.05, 0) is 25.0 Å². The van der Waals surface area contributed by atoms with Crippen molar-refractivity contribution in [3.8, 4) is 5.75 Å². The Morgan fingerprint density at radius 2 is 1.79 bits per heavy atom. The molecule has 1 aromatic carbocycles. The number of piperazine rings is 1. The molecule has 2 heterocycles. The monoisotopic (exact) mass is 331 g/mol. The van der Waals surface area contributed by atoms with Crippen molar-refractivity contribution in [2.45, 2.75) is 25.8 Å². The third-order valence-electron chi connectivity index (χ3n) is 4.96. The molecule has 0 bridgehead atoms. The molecule has 1 aromatic rings. The van der Waals surface area contributed by atoms with Crippen molar-refractivity contribution in [3.63, 3.8) is 0 Å². The van der Waals surface area contributed by atoms with Crippen molar-refractivity contribution in [2.75, 3.05) is 44.7 Å². The number of carbonyl (C=O) groups excluding carboxylic acids is 2. The Kier molecular flexibility index (Phi) is 4.92. The zero-order chi connectivity index (χ0) is 17.1. The first-order valence-corrected chi connectivity index (χ1v) is 8.56. The van der Waals surface area contributed by atoms with Crippen LogP contribution in [-0.2, 0) is 9.59 Å². The summed E-state index contributed by atoms with van der Waals surface area (Å²) in [6.07, 6.45) is 1.70. The minimum Gasteiger partial charge on any atom is -0.495 e. The van der Waals surface area contributed by atoms with E-state index in [2.05, 4.69) is 4.90 Å². The molecular weight excluding hydrogens is 306 g/mol. The van der Waals surface area contributed by atoms with Crippen LogP contribution in [0.5, 0.6) is 5.75 Å². The molecule has 2 amide bonds. The fourth-order valence-corrected chi connectivity index (χ4v) is 3.67. The summed E-state index contributed by atoms with van der Waals surface area (Å²) in [7, 11) is 1.68. The van der Waals surface area contributed by atoms with Gasteiger partial charge in [-0.25, -0.2) is 0 Å². The minimum absolute atomic E-state index is 0.00138. The van der Waals surface area contributed by atoms with Gasteiger partial charge in [-0.15, -0.1) is 0 Å². The lowest BCUT2D eigenvalue weighted by Gasteiger charge is -2.38. The number of rotatable bonds is 3. The van der Waals surface area contributed by atoms with Crippen LogP contribution in [0.25, 0.3) is 0 Å². The van der Waals surface area contributed by atoms with Gasteiger partial charge in [-0.2, -0.15) is 0 Å². The van der Waals surface area contributed by atoms with Crippen LogP contribution in [0.3, 0.4) is 0 Å². The number of ether oxygens (including phenoxy) is 1. The van der Waals surface area contributed by atoms with Gasteiger partial charge in [0.15, 0.2) is 0 Å². The maximum atomic E-state index is 12.8. The third-order valence-corrected chi connectivity index (χ3v) is 4.96. The van der Waals surface area contributed by atoms with Crippen molar-refractivity contribution in [2.24, 2.45) is 0 Å². The Labute approximate surface area is 143 Å². The van der Waals surface area contributed by atoms with Crippen LogP contribution in [0.2, 0.25) is 0 Å². The Morgan fingerprint density at radius 3 is 2.46 bits per heavy atom. The molecule has 1 atom stereocenters. The summed E-state index contributed by atoms with van der Waals surface area (Å²) >= 11 is 0. The van der Waals surface area contributed by atoms with Gasteiger partial charge in [0, 0.05) is 39.6 Å². The number of methoxy groups -OCH3 is 1. The van der Waals surface area contributed by atoms with Crippen LogP contribution < -0.4 is 9.64 Å². The van der Waals surface area contributed by atoms with Crippen LogP contribution in [0.1, 0.15) is 19.8 Å². The Bertz CT molecular complexity index is 611. The molecule has 6 nitrogen and oxygen atoms in total. The molecule has 24 heavy (non-hydrogen) atoms. The van der Waals surface area contributed by atoms with Gasteiger partial charge in [0.25, 0.3) is 0 Å². The minimum atomic E-state index is -0.264. The van der Waals surface area contributed by atoms with Crippen LogP contribution in [0, 0.1) is 0 Å². The predicted molar refractivity (Wildman–Crippen MR) is 92.2 cm³/mol. The van der Waals surface area contributed by atoms with Crippen molar-refractivity contribution in [1.29, 1.82) is 0 Å². The van der Waals surface area contributed by atoms with Gasteiger partial charge >= 0.3 is 0 Å². The number of nitrogens with zero attached hydrogens (tertiary/aromatic N) is 3. The van der Waals surface area contributed by atoms with Gasteiger partial charge in [-0.3, -0.25) is 9.59 Å². The molecule has 0 spiro atoms. The topological polar surface area (TPSA) is 53.1 Å². The quantitative estimate of drug-likeness (QED) is 0.839. The average Bonchev–Trinajstić information content (AvgIpc) is 3.11. The van der Waals surface area contributed by atoms with Crippen molar-refractivity contribution in [3.05, 3.63) is 24.3 Å². The molecule has 2 aliphatic heterocycles. The van der Waals surface area contributed by atoms with Gasteiger partial charge in [0.2, 0.25) is 11.8 Å². The first-order valence-electron chi connectivity index (χ1n) is 8.56. The number of anilines is 1. The number of hydrogen-bond acceptors (Lipinski definition) is 4. The van der Waals surface area contributed by atoms with Crippen molar-refractivity contribution in [1.82, 2.24) is 9.80 Å². The number of benzene rings is 1. The lowest BCUT2D eigenvalue weighted by atomic mass is 10.1. The van der Waals surface area contributed by atoms with Crippen LogP contribution in [0.4, 0.5) is 5.69 Å². The summed E-state index contributed by atoms with van der Waals surface area (Å²) in [5.41, 5.74) is 1.07. The summed E-state index contributed by atoms with van der Waals surface area (Å²) in [6.45, 7) is 5.16. The van der Waals surface area contributed by atoms with E-state index in [1.54, 1.807) is 18.9 Å². The van der Waals surface area contributed by atoms with Crippen LogP contribution >= 0.6 is 0 Å². The molecule has 2 fully saturated rings. The average molecular weight is 331 g/mol. The van der Waals surface area contributed by atoms with E-state index in [0.717, 1.165) is 37.4 Å². The molecule has 6 heteroatoms. The number of hydrogen-bond donors (Lipinski definition) is 0. The molecule has 130 valence electrons. The second-order valence-corrected chi connectivity index (χ2v) is 6.35. The molecule has 2 aliphatic rings. The van der Waals surface area contributed by atoms with Gasteiger partial charge in [-0.1, -0.05) is 12.1 Å². The molecule has 0 saturated carbocycles. The Morgan fingerprint density at radius 1 is 1.08 bits per heavy atom. The normalized spacial score (nSPS) is 21.1. The zero-order valence-electron chi connectivity index (χ0n) is 14.4. The first kappa shape index (κ1) is 16.6. The summed E-state index contributed by atoms with van der Waals surface area (Å²) in [5, 5.41) is 0. The fraction of sp³-hybridized carbons (Fsp3) is 0.556. The third kappa shape index (κ3) is 3.18. The number of para-hydroxylation sites is 2. The van der Waals surface area contributed by atoms with E-state index in [0.29, 0.717) is 19.6 Å². The van der Waals surface area contributed by atoms with E-state index in [-0.39, 0.29) is 17.9 Å². The van der Waals surface area contributed by atoms with Crippen molar-refractivity contribution < 1.29 is 14.3 Å². The van der Waals surface area contributed by atoms with E-state index in [1.807, 2.05) is 29.2 Å². The maximum absolute atomic E-state index is 12.8. The molecule has 2 saturated heterocycles. The smallest absolute Gasteiger partial charge is 0.245 e. The molecule has 0 aliphatic carbocycles. The summed E-state index contributed by atoms with van der Waals surface area (Å²) in [5.74, 6) is 0.955. The van der Waals surface area contributed by atoms with Crippen LogP contribution in [-0.4, -0.2) is 67.5 Å². The molecule has 0 N–H and O–H groups in total. The Hall–Kier alpha value is -2.24. The van der Waals surface area contributed by atoms with Gasteiger partial charge in [0.05, 0.1) is 12.8 Å². The van der Waals surface area contributed by atoms with E-state index < -0.39 is 0 Å². The SMILES string of the molecule is COc1ccccc1N1CCN(C(=O)C2CCCN2C(C)=O)CC1. The molecule has 3 rings (SSSR count). The second-order valence-electron chi connectivity index (χ2n) is 6.35. The Balaban J connectivity index is 1.62. The fourth-order valence-electron chi connectivity index (χ4n) is 3.67. The zero-order valence-corrected chi connectivity index (χ0v) is 14.4. The number of amides is 2. The largest absolute Gasteiger partial charge is 0.495 e. The number of carbonyl (C=O) groups is 2. The molecule has 0 radical (unpaired) electrons. The maximum Gasteiger partial charge on any atom is 0.245 e. The van der Waals surface area contributed by atoms with Crippen molar-refractivity contribution >= 4 is 17.5 Å². The lowest BCUT2D eigenvalue weighted by molar-refractivity contribution is -0.143.